The Bertz CT molecular complexity index is 685. The molecule has 0 fully saturated rings. The van der Waals surface area contributed by atoms with Crippen molar-refractivity contribution < 1.29 is 9.53 Å². The van der Waals surface area contributed by atoms with E-state index in [-0.39, 0.29) is 37.3 Å². The van der Waals surface area contributed by atoms with Gasteiger partial charge in [0.25, 0.3) is 0 Å². The van der Waals surface area contributed by atoms with Crippen LogP contribution in [0.1, 0.15) is 12.5 Å². The average Bonchev–Trinajstić information content (AvgIpc) is 2.53. The maximum absolute atomic E-state index is 12.3. The van der Waals surface area contributed by atoms with Crippen LogP contribution in [0.4, 0.5) is 0 Å². The summed E-state index contributed by atoms with van der Waals surface area (Å²) in [4.78, 5) is 16.3. The molecule has 0 bridgehead atoms. The molecule has 9 heteroatoms. The van der Waals surface area contributed by atoms with Gasteiger partial charge in [0.15, 0.2) is 0 Å². The molecule has 0 spiro atoms. The number of rotatable bonds is 6. The summed E-state index contributed by atoms with van der Waals surface area (Å²) in [7, 11) is 0. The van der Waals surface area contributed by atoms with Crippen molar-refractivity contribution in [2.45, 2.75) is 12.5 Å². The van der Waals surface area contributed by atoms with Gasteiger partial charge in [0, 0.05) is 10.7 Å². The van der Waals surface area contributed by atoms with E-state index < -0.39 is 5.54 Å². The van der Waals surface area contributed by atoms with Crippen LogP contribution in [0.5, 0.6) is 5.88 Å². The van der Waals surface area contributed by atoms with Gasteiger partial charge in [-0.25, -0.2) is 4.98 Å². The fraction of sp³-hybridized carbons (Fsp3) is 0.250. The van der Waals surface area contributed by atoms with Gasteiger partial charge in [-0.05, 0) is 36.8 Å². The Morgan fingerprint density at radius 1 is 1.32 bits per heavy atom. The molecule has 2 aromatic rings. The van der Waals surface area contributed by atoms with Gasteiger partial charge in [-0.1, -0.05) is 39.7 Å². The predicted octanol–water partition coefficient (Wildman–Crippen LogP) is 3.71. The SMILES string of the molecule is CC(N)(C(=O)NCCOc1ncccc1Cl)c1ccc(Br)cc1.Cl.Cl. The number of carbonyl (C=O) groups excluding carboxylic acids is 1. The smallest absolute Gasteiger partial charge is 0.244 e. The second-order valence-electron chi connectivity index (χ2n) is 5.10. The monoisotopic (exact) mass is 469 g/mol. The number of nitrogens with one attached hydrogen (secondary N) is 1. The summed E-state index contributed by atoms with van der Waals surface area (Å²) in [5.74, 6) is 0.0578. The first kappa shape index (κ1) is 24.0. The summed E-state index contributed by atoms with van der Waals surface area (Å²) < 4.78 is 6.35. The highest BCUT2D eigenvalue weighted by Gasteiger charge is 2.30. The number of aromatic nitrogens is 1. The zero-order chi connectivity index (χ0) is 16.9. The fourth-order valence-electron chi connectivity index (χ4n) is 1.90. The number of pyridine rings is 1. The second-order valence-corrected chi connectivity index (χ2v) is 6.43. The summed E-state index contributed by atoms with van der Waals surface area (Å²) in [5, 5.41) is 3.18. The van der Waals surface area contributed by atoms with Crippen molar-refractivity contribution in [1.82, 2.24) is 10.3 Å². The number of amides is 1. The Balaban J connectivity index is 0.00000288. The number of nitrogens with two attached hydrogens (primary N) is 1. The number of carbonyl (C=O) groups is 1. The molecular weight excluding hydrogens is 452 g/mol. The highest BCUT2D eigenvalue weighted by molar-refractivity contribution is 9.10. The normalized spacial score (nSPS) is 12.2. The molecule has 138 valence electrons. The van der Waals surface area contributed by atoms with Gasteiger partial charge in [-0.2, -0.15) is 0 Å². The van der Waals surface area contributed by atoms with Crippen LogP contribution >= 0.6 is 52.3 Å². The van der Waals surface area contributed by atoms with E-state index >= 15 is 0 Å². The lowest BCUT2D eigenvalue weighted by Gasteiger charge is -2.24. The molecular formula is C16H19BrCl3N3O2. The second kappa shape index (κ2) is 10.8. The maximum Gasteiger partial charge on any atom is 0.244 e. The van der Waals surface area contributed by atoms with E-state index in [1.54, 1.807) is 25.3 Å². The first-order valence-corrected chi connectivity index (χ1v) is 8.15. The topological polar surface area (TPSA) is 77.2 Å². The average molecular weight is 472 g/mol. The number of ether oxygens (including phenoxy) is 1. The third-order valence-electron chi connectivity index (χ3n) is 3.27. The van der Waals surface area contributed by atoms with E-state index in [9.17, 15) is 4.79 Å². The molecule has 0 aliphatic heterocycles. The van der Waals surface area contributed by atoms with Crippen molar-refractivity contribution >= 4 is 58.3 Å². The van der Waals surface area contributed by atoms with Gasteiger partial charge in [-0.15, -0.1) is 24.8 Å². The van der Waals surface area contributed by atoms with E-state index in [1.165, 1.54) is 0 Å². The Hall–Kier alpha value is -1.05. The molecule has 25 heavy (non-hydrogen) atoms. The van der Waals surface area contributed by atoms with E-state index in [0.29, 0.717) is 17.4 Å². The molecule has 1 aromatic heterocycles. The lowest BCUT2D eigenvalue weighted by Crippen LogP contribution is -2.49. The van der Waals surface area contributed by atoms with Crippen molar-refractivity contribution in [1.29, 1.82) is 0 Å². The van der Waals surface area contributed by atoms with E-state index in [4.69, 9.17) is 22.1 Å². The van der Waals surface area contributed by atoms with Crippen molar-refractivity contribution in [2.24, 2.45) is 5.73 Å². The fourth-order valence-corrected chi connectivity index (χ4v) is 2.34. The lowest BCUT2D eigenvalue weighted by molar-refractivity contribution is -0.126. The largest absolute Gasteiger partial charge is 0.475 e. The standard InChI is InChI=1S/C16H17BrClN3O2.2ClH/c1-16(19,11-4-6-12(17)7-5-11)15(22)21-9-10-23-14-13(18)3-2-8-20-14;;/h2-8H,9-10,19H2,1H3,(H,21,22);2*1H. The summed E-state index contributed by atoms with van der Waals surface area (Å²) in [6.45, 7) is 2.22. The molecule has 5 nitrogen and oxygen atoms in total. The first-order valence-electron chi connectivity index (χ1n) is 6.98. The Kier molecular flexibility index (Phi) is 10.4. The number of nitrogens with zero attached hydrogens (tertiary/aromatic N) is 1. The maximum atomic E-state index is 12.3. The van der Waals surface area contributed by atoms with Gasteiger partial charge in [0.05, 0.1) is 6.54 Å². The highest BCUT2D eigenvalue weighted by atomic mass is 79.9. The van der Waals surface area contributed by atoms with Crippen LogP contribution in [0.2, 0.25) is 5.02 Å². The van der Waals surface area contributed by atoms with Crippen LogP contribution < -0.4 is 15.8 Å². The molecule has 0 aliphatic carbocycles. The van der Waals surface area contributed by atoms with Gasteiger partial charge < -0.3 is 15.8 Å². The molecule has 3 N–H and O–H groups in total. The Morgan fingerprint density at radius 3 is 2.56 bits per heavy atom. The Morgan fingerprint density at radius 2 is 1.96 bits per heavy atom. The van der Waals surface area contributed by atoms with Gasteiger partial charge in [0.1, 0.15) is 17.2 Å². The van der Waals surface area contributed by atoms with Gasteiger partial charge in [-0.3, -0.25) is 4.79 Å². The van der Waals surface area contributed by atoms with E-state index in [1.807, 2.05) is 24.3 Å². The zero-order valence-electron chi connectivity index (χ0n) is 13.4. The number of hydrogen-bond donors (Lipinski definition) is 2. The molecule has 0 aliphatic rings. The lowest BCUT2D eigenvalue weighted by atomic mass is 9.92. The third-order valence-corrected chi connectivity index (χ3v) is 4.08. The molecule has 0 saturated carbocycles. The van der Waals surface area contributed by atoms with Gasteiger partial charge in [0.2, 0.25) is 11.8 Å². The highest BCUT2D eigenvalue weighted by Crippen LogP contribution is 2.21. The van der Waals surface area contributed by atoms with Crippen LogP contribution in [0.15, 0.2) is 47.1 Å². The molecule has 1 unspecified atom stereocenters. The minimum Gasteiger partial charge on any atom is -0.475 e. The first-order chi connectivity index (χ1) is 10.9. The van der Waals surface area contributed by atoms with Crippen molar-refractivity contribution in [3.63, 3.8) is 0 Å². The molecule has 1 aromatic carbocycles. The third kappa shape index (κ3) is 6.64. The number of benzene rings is 1. The van der Waals surface area contributed by atoms with Crippen LogP contribution in [0.25, 0.3) is 0 Å². The van der Waals surface area contributed by atoms with Crippen molar-refractivity contribution in [3.05, 3.63) is 57.7 Å². The van der Waals surface area contributed by atoms with Crippen LogP contribution in [-0.2, 0) is 10.3 Å². The van der Waals surface area contributed by atoms with Crippen molar-refractivity contribution in [2.75, 3.05) is 13.2 Å². The van der Waals surface area contributed by atoms with Gasteiger partial charge >= 0.3 is 0 Å². The summed E-state index contributed by atoms with van der Waals surface area (Å²) in [5.41, 5.74) is 5.75. The predicted molar refractivity (Wildman–Crippen MR) is 108 cm³/mol. The summed E-state index contributed by atoms with van der Waals surface area (Å²) in [6, 6.07) is 10.7. The number of halogens is 4. The molecule has 1 heterocycles. The molecule has 1 amide bonds. The molecule has 0 saturated heterocycles. The summed E-state index contributed by atoms with van der Waals surface area (Å²) >= 11 is 9.29. The minimum atomic E-state index is -1.12. The zero-order valence-corrected chi connectivity index (χ0v) is 17.3. The Labute approximate surface area is 172 Å². The van der Waals surface area contributed by atoms with E-state index in [0.717, 1.165) is 10.0 Å². The minimum absolute atomic E-state index is 0. The van der Waals surface area contributed by atoms with E-state index in [2.05, 4.69) is 26.2 Å². The van der Waals surface area contributed by atoms with Crippen LogP contribution in [0.3, 0.4) is 0 Å². The van der Waals surface area contributed by atoms with Crippen LogP contribution in [-0.4, -0.2) is 24.0 Å². The number of hydrogen-bond acceptors (Lipinski definition) is 4. The molecule has 0 radical (unpaired) electrons. The van der Waals surface area contributed by atoms with Crippen molar-refractivity contribution in [3.8, 4) is 5.88 Å². The quantitative estimate of drug-likeness (QED) is 0.630. The summed E-state index contributed by atoms with van der Waals surface area (Å²) in [6.07, 6.45) is 1.59. The molecule has 2 rings (SSSR count). The van der Waals surface area contributed by atoms with Crippen LogP contribution in [0, 0.1) is 0 Å². The molecule has 1 atom stereocenters.